The molecule has 0 aliphatic rings. The Bertz CT molecular complexity index is 305. The Morgan fingerprint density at radius 2 is 2.06 bits per heavy atom. The van der Waals surface area contributed by atoms with Crippen molar-refractivity contribution in [1.29, 1.82) is 0 Å². The molecule has 0 bridgehead atoms. The van der Waals surface area contributed by atoms with E-state index in [1.807, 2.05) is 0 Å². The molecule has 17 heavy (non-hydrogen) atoms. The fraction of sp³-hybridized carbons (Fsp3) is 0.500. The second-order valence-corrected chi connectivity index (χ2v) is 4.10. The number of carbonyl (C=O) groups is 3. The zero-order chi connectivity index (χ0) is 13.1. The Balaban J connectivity index is 3.52. The van der Waals surface area contributed by atoms with Crippen LogP contribution in [-0.4, -0.2) is 36.5 Å². The number of rotatable bonds is 6. The molecule has 0 radical (unpaired) electrons. The van der Waals surface area contributed by atoms with Crippen LogP contribution < -0.4 is 10.6 Å². The van der Waals surface area contributed by atoms with Gasteiger partial charge < -0.3 is 10.1 Å². The van der Waals surface area contributed by atoms with E-state index in [9.17, 15) is 14.4 Å². The minimum atomic E-state index is -0.577. The van der Waals surface area contributed by atoms with Crippen LogP contribution in [-0.2, 0) is 14.3 Å². The van der Waals surface area contributed by atoms with Gasteiger partial charge in [-0.15, -0.1) is 0 Å². The predicted molar refractivity (Wildman–Crippen MR) is 65.4 cm³/mol. The third-order valence-electron chi connectivity index (χ3n) is 1.53. The number of carbonyl (C=O) groups excluding carboxylic acids is 3. The van der Waals surface area contributed by atoms with Crippen molar-refractivity contribution in [1.82, 2.24) is 10.6 Å². The molecule has 0 atom stereocenters. The topological polar surface area (TPSA) is 84.5 Å². The van der Waals surface area contributed by atoms with E-state index in [0.717, 1.165) is 11.8 Å². The summed E-state index contributed by atoms with van der Waals surface area (Å²) in [5, 5.41) is 4.87. The minimum absolute atomic E-state index is 0.0294. The molecule has 0 rings (SSSR count). The Hall–Kier alpha value is -1.50. The molecule has 0 fully saturated rings. The van der Waals surface area contributed by atoms with Gasteiger partial charge in [-0.1, -0.05) is 17.8 Å². The molecule has 7 heteroatoms. The molecule has 0 aliphatic heterocycles. The number of methoxy groups -OCH3 is 1. The Morgan fingerprint density at radius 3 is 2.65 bits per heavy atom. The molecular weight excluding hydrogens is 244 g/mol. The second kappa shape index (κ2) is 9.71. The summed E-state index contributed by atoms with van der Waals surface area (Å²) in [6, 6.07) is 0. The van der Waals surface area contributed by atoms with E-state index in [-0.39, 0.29) is 17.4 Å². The maximum Gasteiger partial charge on any atom is 0.410 e. The molecule has 96 valence electrons. The van der Waals surface area contributed by atoms with Gasteiger partial charge in [0.2, 0.25) is 5.91 Å². The Kier molecular flexibility index (Phi) is 8.85. The summed E-state index contributed by atoms with van der Waals surface area (Å²) in [5.41, 5.74) is 0. The molecule has 0 saturated carbocycles. The molecule has 0 saturated heterocycles. The molecule has 2 N–H and O–H groups in total. The first-order valence-corrected chi connectivity index (χ1v) is 5.94. The molecule has 0 spiro atoms. The van der Waals surface area contributed by atoms with Crippen LogP contribution in [0.3, 0.4) is 0 Å². The number of thioether (sulfide) groups is 1. The van der Waals surface area contributed by atoms with E-state index < -0.39 is 6.09 Å². The third kappa shape index (κ3) is 10.8. The normalized spacial score (nSPS) is 10.0. The lowest BCUT2D eigenvalue weighted by Crippen LogP contribution is -2.22. The zero-order valence-corrected chi connectivity index (χ0v) is 10.6. The zero-order valence-electron chi connectivity index (χ0n) is 9.82. The lowest BCUT2D eigenvalue weighted by Gasteiger charge is -2.00. The van der Waals surface area contributed by atoms with Crippen molar-refractivity contribution in [2.75, 3.05) is 19.4 Å². The van der Waals surface area contributed by atoms with E-state index in [0.29, 0.717) is 12.3 Å². The summed E-state index contributed by atoms with van der Waals surface area (Å²) in [7, 11) is 1.26. The molecule has 0 aromatic heterocycles. The SMILES string of the molecule is COC(=O)N/C=C/CC(=O)SCCNC(C)=O. The number of hydrogen-bond donors (Lipinski definition) is 2. The van der Waals surface area contributed by atoms with E-state index in [4.69, 9.17) is 0 Å². The van der Waals surface area contributed by atoms with Crippen molar-refractivity contribution in [3.8, 4) is 0 Å². The van der Waals surface area contributed by atoms with Gasteiger partial charge in [0.15, 0.2) is 5.12 Å². The number of hydrogen-bond acceptors (Lipinski definition) is 5. The lowest BCUT2D eigenvalue weighted by atomic mass is 10.4. The maximum atomic E-state index is 11.3. The number of nitrogens with one attached hydrogen (secondary N) is 2. The Morgan fingerprint density at radius 1 is 1.35 bits per heavy atom. The fourth-order valence-electron chi connectivity index (χ4n) is 0.792. The van der Waals surface area contributed by atoms with Crippen LogP contribution in [0.25, 0.3) is 0 Å². The molecule has 0 unspecified atom stereocenters. The summed E-state index contributed by atoms with van der Waals surface area (Å²) in [6.07, 6.45) is 2.53. The maximum absolute atomic E-state index is 11.3. The summed E-state index contributed by atoms with van der Waals surface area (Å²) in [6.45, 7) is 1.89. The average molecular weight is 260 g/mol. The van der Waals surface area contributed by atoms with E-state index in [2.05, 4.69) is 15.4 Å². The number of amides is 2. The number of alkyl carbamates (subject to hydrolysis) is 1. The first-order valence-electron chi connectivity index (χ1n) is 4.95. The van der Waals surface area contributed by atoms with Gasteiger partial charge in [-0.2, -0.15) is 0 Å². The van der Waals surface area contributed by atoms with Gasteiger partial charge in [-0.3, -0.25) is 14.9 Å². The molecule has 0 aromatic carbocycles. The van der Waals surface area contributed by atoms with Gasteiger partial charge >= 0.3 is 6.09 Å². The second-order valence-electron chi connectivity index (χ2n) is 2.95. The highest BCUT2D eigenvalue weighted by molar-refractivity contribution is 8.13. The van der Waals surface area contributed by atoms with Crippen LogP contribution in [0.5, 0.6) is 0 Å². The van der Waals surface area contributed by atoms with Gasteiger partial charge in [-0.05, 0) is 0 Å². The monoisotopic (exact) mass is 260 g/mol. The fourth-order valence-corrected chi connectivity index (χ4v) is 1.44. The summed E-state index contributed by atoms with van der Waals surface area (Å²) in [4.78, 5) is 32.4. The highest BCUT2D eigenvalue weighted by Gasteiger charge is 2.00. The summed E-state index contributed by atoms with van der Waals surface area (Å²) in [5.74, 6) is 0.427. The third-order valence-corrected chi connectivity index (χ3v) is 2.42. The number of ether oxygens (including phenoxy) is 1. The lowest BCUT2D eigenvalue weighted by molar-refractivity contribution is -0.118. The van der Waals surface area contributed by atoms with Gasteiger partial charge in [0.1, 0.15) is 0 Å². The van der Waals surface area contributed by atoms with Crippen molar-refractivity contribution >= 4 is 28.9 Å². The molecule has 0 aliphatic carbocycles. The first-order chi connectivity index (χ1) is 8.06. The largest absolute Gasteiger partial charge is 0.453 e. The van der Waals surface area contributed by atoms with Crippen molar-refractivity contribution in [2.45, 2.75) is 13.3 Å². The summed E-state index contributed by atoms with van der Waals surface area (Å²) >= 11 is 1.13. The molecular formula is C10H16N2O4S. The molecule has 0 heterocycles. The van der Waals surface area contributed by atoms with Crippen LogP contribution in [0, 0.1) is 0 Å². The van der Waals surface area contributed by atoms with E-state index >= 15 is 0 Å². The van der Waals surface area contributed by atoms with Crippen molar-refractivity contribution in [3.63, 3.8) is 0 Å². The standard InChI is InChI=1S/C10H16N2O4S/c1-8(13)11-6-7-17-9(14)4-3-5-12-10(15)16-2/h3,5H,4,6-7H2,1-2H3,(H,11,13)(H,12,15)/b5-3+. The van der Waals surface area contributed by atoms with Crippen LogP contribution in [0.1, 0.15) is 13.3 Å². The molecule has 2 amide bonds. The first kappa shape index (κ1) is 15.5. The highest BCUT2D eigenvalue weighted by atomic mass is 32.2. The predicted octanol–water partition coefficient (Wildman–Crippen LogP) is 0.642. The van der Waals surface area contributed by atoms with Crippen LogP contribution in [0.2, 0.25) is 0 Å². The van der Waals surface area contributed by atoms with E-state index in [1.165, 1.54) is 26.3 Å². The number of allylic oxidation sites excluding steroid dienone is 1. The summed E-state index contributed by atoms with van der Waals surface area (Å²) < 4.78 is 4.33. The Labute approximate surface area is 104 Å². The van der Waals surface area contributed by atoms with Crippen molar-refractivity contribution < 1.29 is 19.1 Å². The smallest absolute Gasteiger partial charge is 0.410 e. The van der Waals surface area contributed by atoms with Gasteiger partial charge in [0.25, 0.3) is 0 Å². The van der Waals surface area contributed by atoms with Gasteiger partial charge in [-0.25, -0.2) is 4.79 Å². The van der Waals surface area contributed by atoms with Crippen LogP contribution in [0.4, 0.5) is 4.79 Å². The molecule has 6 nitrogen and oxygen atoms in total. The van der Waals surface area contributed by atoms with Crippen LogP contribution in [0.15, 0.2) is 12.3 Å². The molecule has 0 aromatic rings. The highest BCUT2D eigenvalue weighted by Crippen LogP contribution is 2.04. The quantitative estimate of drug-likeness (QED) is 0.685. The minimum Gasteiger partial charge on any atom is -0.453 e. The van der Waals surface area contributed by atoms with Crippen LogP contribution >= 0.6 is 11.8 Å². The van der Waals surface area contributed by atoms with Gasteiger partial charge in [0, 0.05) is 31.8 Å². The van der Waals surface area contributed by atoms with Crippen molar-refractivity contribution in [2.24, 2.45) is 0 Å². The van der Waals surface area contributed by atoms with Crippen molar-refractivity contribution in [3.05, 3.63) is 12.3 Å². The van der Waals surface area contributed by atoms with Gasteiger partial charge in [0.05, 0.1) is 7.11 Å². The average Bonchev–Trinajstić information content (AvgIpc) is 2.29. The van der Waals surface area contributed by atoms with E-state index in [1.54, 1.807) is 0 Å².